The molecule has 0 atom stereocenters. The molecule has 5 heteroatoms. The van der Waals surface area contributed by atoms with Crippen molar-refractivity contribution in [2.24, 2.45) is 0 Å². The van der Waals surface area contributed by atoms with Gasteiger partial charge in [-0.1, -0.05) is 17.7 Å². The van der Waals surface area contributed by atoms with E-state index in [-0.39, 0.29) is 5.91 Å². The molecule has 5 nitrogen and oxygen atoms in total. The standard InChI is InChI=1S/C20H28N4O/c1-14-9-15(2)19(16(3)10-14)23-20(25)17-11-18(13-21-12-17)22-7-6-8-24(4)5/h9-13,22H,6-8H2,1-5H3,(H,23,25). The van der Waals surface area contributed by atoms with Crippen molar-refractivity contribution in [2.75, 3.05) is 37.8 Å². The molecule has 1 aromatic carbocycles. The number of rotatable bonds is 7. The van der Waals surface area contributed by atoms with Crippen molar-refractivity contribution < 1.29 is 4.79 Å². The molecule has 0 radical (unpaired) electrons. The van der Waals surface area contributed by atoms with Crippen LogP contribution in [0.2, 0.25) is 0 Å². The monoisotopic (exact) mass is 340 g/mol. The van der Waals surface area contributed by atoms with Crippen molar-refractivity contribution in [3.05, 3.63) is 52.8 Å². The van der Waals surface area contributed by atoms with Gasteiger partial charge in [0.25, 0.3) is 5.91 Å². The van der Waals surface area contributed by atoms with Crippen LogP contribution in [0.4, 0.5) is 11.4 Å². The summed E-state index contributed by atoms with van der Waals surface area (Å²) in [4.78, 5) is 18.9. The molecule has 25 heavy (non-hydrogen) atoms. The van der Waals surface area contributed by atoms with E-state index < -0.39 is 0 Å². The Morgan fingerprint density at radius 3 is 2.40 bits per heavy atom. The second-order valence-corrected chi connectivity index (χ2v) is 6.77. The molecule has 2 aromatic rings. The minimum atomic E-state index is -0.139. The van der Waals surface area contributed by atoms with Crippen LogP contribution in [0.15, 0.2) is 30.6 Å². The van der Waals surface area contributed by atoms with Crippen molar-refractivity contribution >= 4 is 17.3 Å². The van der Waals surface area contributed by atoms with Crippen LogP contribution in [0.1, 0.15) is 33.5 Å². The maximum atomic E-state index is 12.6. The van der Waals surface area contributed by atoms with Gasteiger partial charge in [0.05, 0.1) is 11.3 Å². The number of aromatic nitrogens is 1. The van der Waals surface area contributed by atoms with E-state index in [1.807, 2.05) is 19.9 Å². The van der Waals surface area contributed by atoms with Crippen molar-refractivity contribution in [2.45, 2.75) is 27.2 Å². The molecule has 1 amide bonds. The lowest BCUT2D eigenvalue weighted by atomic mass is 10.0. The van der Waals surface area contributed by atoms with Crippen LogP contribution in [0.25, 0.3) is 0 Å². The molecule has 134 valence electrons. The number of carbonyl (C=O) groups excluding carboxylic acids is 1. The van der Waals surface area contributed by atoms with E-state index in [2.05, 4.69) is 53.7 Å². The lowest BCUT2D eigenvalue weighted by Crippen LogP contribution is -2.17. The molecular weight excluding hydrogens is 312 g/mol. The van der Waals surface area contributed by atoms with E-state index in [1.165, 1.54) is 5.56 Å². The van der Waals surface area contributed by atoms with Crippen LogP contribution in [0, 0.1) is 20.8 Å². The summed E-state index contributed by atoms with van der Waals surface area (Å²) in [5.41, 5.74) is 5.62. The van der Waals surface area contributed by atoms with Gasteiger partial charge >= 0.3 is 0 Å². The zero-order valence-electron chi connectivity index (χ0n) is 15.8. The summed E-state index contributed by atoms with van der Waals surface area (Å²) in [5, 5.41) is 6.34. The number of amides is 1. The second kappa shape index (κ2) is 8.62. The smallest absolute Gasteiger partial charge is 0.257 e. The number of benzene rings is 1. The van der Waals surface area contributed by atoms with Crippen molar-refractivity contribution in [3.63, 3.8) is 0 Å². The van der Waals surface area contributed by atoms with E-state index in [4.69, 9.17) is 0 Å². The van der Waals surface area contributed by atoms with Gasteiger partial charge in [0, 0.05) is 24.6 Å². The van der Waals surface area contributed by atoms with Gasteiger partial charge in [-0.05, 0) is 65.0 Å². The molecule has 1 heterocycles. The molecule has 2 rings (SSSR count). The van der Waals surface area contributed by atoms with Gasteiger partial charge in [-0.2, -0.15) is 0 Å². The van der Waals surface area contributed by atoms with E-state index in [0.717, 1.165) is 42.0 Å². The van der Waals surface area contributed by atoms with Gasteiger partial charge in [0.1, 0.15) is 0 Å². The zero-order chi connectivity index (χ0) is 18.4. The van der Waals surface area contributed by atoms with Gasteiger partial charge in [-0.3, -0.25) is 9.78 Å². The fourth-order valence-corrected chi connectivity index (χ4v) is 2.85. The summed E-state index contributed by atoms with van der Waals surface area (Å²) in [5.74, 6) is -0.139. The molecule has 0 bridgehead atoms. The number of aryl methyl sites for hydroxylation is 3. The molecule has 0 aliphatic rings. The Kier molecular flexibility index (Phi) is 6.53. The normalized spacial score (nSPS) is 10.8. The van der Waals surface area contributed by atoms with E-state index in [9.17, 15) is 4.79 Å². The minimum Gasteiger partial charge on any atom is -0.384 e. The summed E-state index contributed by atoms with van der Waals surface area (Å²) in [6.07, 6.45) is 4.37. The fourth-order valence-electron chi connectivity index (χ4n) is 2.85. The van der Waals surface area contributed by atoms with Crippen molar-refractivity contribution in [1.29, 1.82) is 0 Å². The van der Waals surface area contributed by atoms with Crippen molar-refractivity contribution in [3.8, 4) is 0 Å². The quantitative estimate of drug-likeness (QED) is 0.756. The Hall–Kier alpha value is -2.40. The van der Waals surface area contributed by atoms with Crippen LogP contribution >= 0.6 is 0 Å². The van der Waals surface area contributed by atoms with Crippen LogP contribution in [-0.4, -0.2) is 43.0 Å². The summed E-state index contributed by atoms with van der Waals surface area (Å²) in [7, 11) is 4.11. The first-order valence-corrected chi connectivity index (χ1v) is 8.59. The molecule has 1 aromatic heterocycles. The van der Waals surface area contributed by atoms with Gasteiger partial charge in [-0.25, -0.2) is 0 Å². The number of hydrogen-bond donors (Lipinski definition) is 2. The number of pyridine rings is 1. The van der Waals surface area contributed by atoms with Gasteiger partial charge in [0.2, 0.25) is 0 Å². The summed E-state index contributed by atoms with van der Waals surface area (Å²) in [6.45, 7) is 7.95. The third-order valence-electron chi connectivity index (χ3n) is 4.03. The number of nitrogens with zero attached hydrogens (tertiary/aromatic N) is 2. The highest BCUT2D eigenvalue weighted by atomic mass is 16.1. The molecule has 0 unspecified atom stereocenters. The Morgan fingerprint density at radius 1 is 1.08 bits per heavy atom. The van der Waals surface area contributed by atoms with E-state index >= 15 is 0 Å². The molecule has 0 fully saturated rings. The number of hydrogen-bond acceptors (Lipinski definition) is 4. The number of carbonyl (C=O) groups is 1. The highest BCUT2D eigenvalue weighted by Gasteiger charge is 2.11. The predicted molar refractivity (Wildman–Crippen MR) is 105 cm³/mol. The maximum Gasteiger partial charge on any atom is 0.257 e. The fraction of sp³-hybridized carbons (Fsp3) is 0.400. The van der Waals surface area contributed by atoms with E-state index in [0.29, 0.717) is 5.56 Å². The first-order valence-electron chi connectivity index (χ1n) is 8.59. The van der Waals surface area contributed by atoms with Crippen LogP contribution in [-0.2, 0) is 0 Å². The van der Waals surface area contributed by atoms with Crippen LogP contribution in [0.3, 0.4) is 0 Å². The lowest BCUT2D eigenvalue weighted by Gasteiger charge is -2.14. The van der Waals surface area contributed by atoms with Crippen LogP contribution < -0.4 is 10.6 Å². The molecule has 0 aliphatic carbocycles. The van der Waals surface area contributed by atoms with Crippen LogP contribution in [0.5, 0.6) is 0 Å². The molecule has 0 saturated carbocycles. The molecule has 0 spiro atoms. The summed E-state index contributed by atoms with van der Waals surface area (Å²) >= 11 is 0. The largest absolute Gasteiger partial charge is 0.384 e. The topological polar surface area (TPSA) is 57.3 Å². The second-order valence-electron chi connectivity index (χ2n) is 6.77. The van der Waals surface area contributed by atoms with E-state index in [1.54, 1.807) is 12.4 Å². The third-order valence-corrected chi connectivity index (χ3v) is 4.03. The van der Waals surface area contributed by atoms with Gasteiger partial charge < -0.3 is 15.5 Å². The predicted octanol–water partition coefficient (Wildman–Crippen LogP) is 3.62. The Labute approximate surface area is 150 Å². The molecule has 0 saturated heterocycles. The Balaban J connectivity index is 2.04. The maximum absolute atomic E-state index is 12.6. The molecule has 2 N–H and O–H groups in total. The average Bonchev–Trinajstić information content (AvgIpc) is 2.55. The molecule has 0 aliphatic heterocycles. The highest BCUT2D eigenvalue weighted by Crippen LogP contribution is 2.22. The van der Waals surface area contributed by atoms with Crippen molar-refractivity contribution in [1.82, 2.24) is 9.88 Å². The average molecular weight is 340 g/mol. The summed E-state index contributed by atoms with van der Waals surface area (Å²) in [6, 6.07) is 5.99. The first kappa shape index (κ1) is 18.9. The zero-order valence-corrected chi connectivity index (χ0v) is 15.8. The number of nitrogens with one attached hydrogen (secondary N) is 2. The Morgan fingerprint density at radius 2 is 1.76 bits per heavy atom. The summed E-state index contributed by atoms with van der Waals surface area (Å²) < 4.78 is 0. The number of anilines is 2. The molecular formula is C20H28N4O. The highest BCUT2D eigenvalue weighted by molar-refractivity contribution is 6.05. The van der Waals surface area contributed by atoms with Gasteiger partial charge in [-0.15, -0.1) is 0 Å². The minimum absolute atomic E-state index is 0.139. The Bertz CT molecular complexity index is 717. The lowest BCUT2D eigenvalue weighted by molar-refractivity contribution is 0.102. The first-order chi connectivity index (χ1) is 11.9. The van der Waals surface area contributed by atoms with Gasteiger partial charge in [0.15, 0.2) is 0 Å². The SMILES string of the molecule is Cc1cc(C)c(NC(=O)c2cncc(NCCCN(C)C)c2)c(C)c1. The third kappa shape index (κ3) is 5.57.